The van der Waals surface area contributed by atoms with Gasteiger partial charge in [-0.25, -0.2) is 4.39 Å². The molecular weight excluding hydrogens is 239 g/mol. The first-order chi connectivity index (χ1) is 8.47. The van der Waals surface area contributed by atoms with Crippen molar-refractivity contribution in [1.29, 1.82) is 0 Å². The third-order valence-electron chi connectivity index (χ3n) is 2.55. The van der Waals surface area contributed by atoms with Crippen molar-refractivity contribution in [1.82, 2.24) is 4.90 Å². The fraction of sp³-hybridized carbons (Fsp3) is 0.333. The second-order valence-electron chi connectivity index (χ2n) is 3.73. The molecule has 0 saturated carbocycles. The molecule has 18 heavy (non-hydrogen) atoms. The van der Waals surface area contributed by atoms with Crippen LogP contribution in [0, 0.1) is 5.82 Å². The Hall–Kier alpha value is -2.11. The van der Waals surface area contributed by atoms with Crippen LogP contribution in [0.2, 0.25) is 0 Å². The van der Waals surface area contributed by atoms with Gasteiger partial charge in [-0.05, 0) is 19.1 Å². The number of nitrogen functional groups attached to an aromatic ring is 1. The van der Waals surface area contributed by atoms with Crippen LogP contribution in [0.1, 0.15) is 23.7 Å². The smallest absolute Gasteiger partial charge is 0.305 e. The Morgan fingerprint density at radius 2 is 2.11 bits per heavy atom. The van der Waals surface area contributed by atoms with Crippen molar-refractivity contribution in [2.24, 2.45) is 0 Å². The van der Waals surface area contributed by atoms with Crippen molar-refractivity contribution in [2.75, 3.05) is 18.8 Å². The van der Waals surface area contributed by atoms with Gasteiger partial charge >= 0.3 is 5.97 Å². The first-order valence-electron chi connectivity index (χ1n) is 5.52. The highest BCUT2D eigenvalue weighted by atomic mass is 19.1. The summed E-state index contributed by atoms with van der Waals surface area (Å²) < 4.78 is 13.2. The number of carboxylic acids is 1. The summed E-state index contributed by atoms with van der Waals surface area (Å²) in [7, 11) is 0. The van der Waals surface area contributed by atoms with E-state index in [1.807, 2.05) is 0 Å². The van der Waals surface area contributed by atoms with Crippen LogP contribution in [0.3, 0.4) is 0 Å². The molecule has 0 atom stereocenters. The molecule has 3 N–H and O–H groups in total. The third-order valence-corrected chi connectivity index (χ3v) is 2.55. The molecule has 0 aromatic heterocycles. The number of nitrogens with two attached hydrogens (primary N) is 1. The van der Waals surface area contributed by atoms with Gasteiger partial charge in [-0.2, -0.15) is 0 Å². The zero-order valence-electron chi connectivity index (χ0n) is 10.0. The van der Waals surface area contributed by atoms with Crippen LogP contribution in [0.15, 0.2) is 18.2 Å². The number of amides is 1. The lowest BCUT2D eigenvalue weighted by molar-refractivity contribution is -0.137. The van der Waals surface area contributed by atoms with E-state index in [1.54, 1.807) is 6.92 Å². The van der Waals surface area contributed by atoms with Crippen molar-refractivity contribution >= 4 is 17.6 Å². The Bertz CT molecular complexity index is 463. The summed E-state index contributed by atoms with van der Waals surface area (Å²) in [6.45, 7) is 2.12. The predicted octanol–water partition coefficient (Wildman–Crippen LogP) is 1.34. The lowest BCUT2D eigenvalue weighted by atomic mass is 10.1. The number of halogens is 1. The van der Waals surface area contributed by atoms with Gasteiger partial charge in [-0.1, -0.05) is 6.07 Å². The number of para-hydroxylation sites is 1. The first-order valence-corrected chi connectivity index (χ1v) is 5.52. The quantitative estimate of drug-likeness (QED) is 0.777. The molecule has 0 bridgehead atoms. The molecule has 0 aliphatic rings. The van der Waals surface area contributed by atoms with E-state index in [9.17, 15) is 14.0 Å². The molecule has 0 radical (unpaired) electrons. The van der Waals surface area contributed by atoms with Crippen LogP contribution in [0.5, 0.6) is 0 Å². The minimum absolute atomic E-state index is 0.0576. The van der Waals surface area contributed by atoms with Crippen LogP contribution in [-0.2, 0) is 4.79 Å². The molecule has 1 rings (SSSR count). The molecule has 1 amide bonds. The summed E-state index contributed by atoms with van der Waals surface area (Å²) >= 11 is 0. The summed E-state index contributed by atoms with van der Waals surface area (Å²) in [4.78, 5) is 23.8. The molecule has 0 aliphatic heterocycles. The number of benzene rings is 1. The van der Waals surface area contributed by atoms with E-state index >= 15 is 0 Å². The molecule has 0 fully saturated rings. The second-order valence-corrected chi connectivity index (χ2v) is 3.73. The number of carboxylic acid groups (broad SMARTS) is 1. The predicted molar refractivity (Wildman–Crippen MR) is 64.6 cm³/mol. The van der Waals surface area contributed by atoms with Crippen molar-refractivity contribution in [2.45, 2.75) is 13.3 Å². The Morgan fingerprint density at radius 1 is 1.44 bits per heavy atom. The molecule has 1 aromatic rings. The van der Waals surface area contributed by atoms with E-state index in [4.69, 9.17) is 10.8 Å². The normalized spacial score (nSPS) is 10.1. The topological polar surface area (TPSA) is 83.6 Å². The van der Waals surface area contributed by atoms with Gasteiger partial charge in [0.05, 0.1) is 17.7 Å². The van der Waals surface area contributed by atoms with Crippen LogP contribution >= 0.6 is 0 Å². The van der Waals surface area contributed by atoms with Crippen LogP contribution in [0.25, 0.3) is 0 Å². The van der Waals surface area contributed by atoms with Crippen LogP contribution in [-0.4, -0.2) is 35.0 Å². The minimum atomic E-state index is -0.992. The Morgan fingerprint density at radius 3 is 2.67 bits per heavy atom. The minimum Gasteiger partial charge on any atom is -0.481 e. The van der Waals surface area contributed by atoms with Gasteiger partial charge in [0.1, 0.15) is 5.82 Å². The largest absolute Gasteiger partial charge is 0.481 e. The third kappa shape index (κ3) is 3.19. The Labute approximate surface area is 104 Å². The lowest BCUT2D eigenvalue weighted by Gasteiger charge is -2.20. The average molecular weight is 254 g/mol. The number of nitrogens with zero attached hydrogens (tertiary/aromatic N) is 1. The first kappa shape index (κ1) is 14.0. The van der Waals surface area contributed by atoms with Gasteiger partial charge in [-0.15, -0.1) is 0 Å². The molecule has 6 heteroatoms. The Balaban J connectivity index is 2.89. The molecule has 98 valence electrons. The van der Waals surface area contributed by atoms with Crippen molar-refractivity contribution in [3.05, 3.63) is 29.6 Å². The van der Waals surface area contributed by atoms with Gasteiger partial charge in [0, 0.05) is 13.1 Å². The number of anilines is 1. The van der Waals surface area contributed by atoms with E-state index in [2.05, 4.69) is 0 Å². The lowest BCUT2D eigenvalue weighted by Crippen LogP contribution is -2.33. The van der Waals surface area contributed by atoms with Crippen LogP contribution < -0.4 is 5.73 Å². The summed E-state index contributed by atoms with van der Waals surface area (Å²) in [5.41, 5.74) is 5.34. The molecule has 0 unspecified atom stereocenters. The molecular formula is C12H15FN2O3. The summed E-state index contributed by atoms with van der Waals surface area (Å²) in [5.74, 6) is -2.11. The zero-order valence-corrected chi connectivity index (χ0v) is 10.0. The summed E-state index contributed by atoms with van der Waals surface area (Å²) in [6.07, 6.45) is -0.158. The van der Waals surface area contributed by atoms with E-state index < -0.39 is 17.7 Å². The molecule has 1 aromatic carbocycles. The number of carbonyl (C=O) groups excluding carboxylic acids is 1. The fourth-order valence-electron chi connectivity index (χ4n) is 1.53. The average Bonchev–Trinajstić information content (AvgIpc) is 2.32. The fourth-order valence-corrected chi connectivity index (χ4v) is 1.53. The van der Waals surface area contributed by atoms with E-state index in [1.165, 1.54) is 23.1 Å². The van der Waals surface area contributed by atoms with E-state index in [-0.39, 0.29) is 24.2 Å². The van der Waals surface area contributed by atoms with E-state index in [0.717, 1.165) is 0 Å². The standard InChI is InChI=1S/C12H15FN2O3/c1-2-15(7-6-10(16)17)12(18)8-4-3-5-9(13)11(8)14/h3-5H,2,6-7,14H2,1H3,(H,16,17). The summed E-state index contributed by atoms with van der Waals surface area (Å²) in [6, 6.07) is 3.98. The monoisotopic (exact) mass is 254 g/mol. The number of aliphatic carboxylic acids is 1. The van der Waals surface area contributed by atoms with Crippen molar-refractivity contribution < 1.29 is 19.1 Å². The van der Waals surface area contributed by atoms with Crippen molar-refractivity contribution in [3.63, 3.8) is 0 Å². The molecule has 0 heterocycles. The van der Waals surface area contributed by atoms with Gasteiger partial charge in [0.2, 0.25) is 0 Å². The highest BCUT2D eigenvalue weighted by Gasteiger charge is 2.18. The maximum Gasteiger partial charge on any atom is 0.305 e. The second kappa shape index (κ2) is 6.00. The Kier molecular flexibility index (Phi) is 4.65. The van der Waals surface area contributed by atoms with Gasteiger partial charge in [-0.3, -0.25) is 9.59 Å². The highest BCUT2D eigenvalue weighted by molar-refractivity contribution is 5.99. The van der Waals surface area contributed by atoms with E-state index in [0.29, 0.717) is 6.54 Å². The van der Waals surface area contributed by atoms with Gasteiger partial charge < -0.3 is 15.7 Å². The van der Waals surface area contributed by atoms with Crippen molar-refractivity contribution in [3.8, 4) is 0 Å². The molecule has 5 nitrogen and oxygen atoms in total. The molecule has 0 aliphatic carbocycles. The SMILES string of the molecule is CCN(CCC(=O)O)C(=O)c1cccc(F)c1N. The highest BCUT2D eigenvalue weighted by Crippen LogP contribution is 2.17. The van der Waals surface area contributed by atoms with Gasteiger partial charge in [0.15, 0.2) is 0 Å². The molecule has 0 spiro atoms. The number of hydrogen-bond donors (Lipinski definition) is 2. The van der Waals surface area contributed by atoms with Crippen LogP contribution in [0.4, 0.5) is 10.1 Å². The number of rotatable bonds is 5. The van der Waals surface area contributed by atoms with Gasteiger partial charge in [0.25, 0.3) is 5.91 Å². The summed E-state index contributed by atoms with van der Waals surface area (Å²) in [5, 5.41) is 8.59. The maximum absolute atomic E-state index is 13.2. The number of carbonyl (C=O) groups is 2. The number of hydrogen-bond acceptors (Lipinski definition) is 3. The zero-order chi connectivity index (χ0) is 13.7. The maximum atomic E-state index is 13.2. The molecule has 0 saturated heterocycles.